The van der Waals surface area contributed by atoms with Crippen molar-refractivity contribution in [3.8, 4) is 22.6 Å². The van der Waals surface area contributed by atoms with Gasteiger partial charge in [0.2, 0.25) is 0 Å². The van der Waals surface area contributed by atoms with Crippen LogP contribution in [0.15, 0.2) is 47.2 Å². The second-order valence-electron chi connectivity index (χ2n) is 5.58. The van der Waals surface area contributed by atoms with Gasteiger partial charge in [-0.1, -0.05) is 0 Å². The second kappa shape index (κ2) is 7.36. The van der Waals surface area contributed by atoms with Gasteiger partial charge in [-0.3, -0.25) is 0 Å². The Bertz CT molecular complexity index is 877. The normalized spacial score (nSPS) is 10.5. The molecule has 3 aromatic rings. The third-order valence-electron chi connectivity index (χ3n) is 3.98. The van der Waals surface area contributed by atoms with Gasteiger partial charge in [0.25, 0.3) is 0 Å². The molecule has 1 aromatic heterocycles. The largest absolute Gasteiger partial charge is 0.493 e. The van der Waals surface area contributed by atoms with Crippen LogP contribution in [0.4, 0.5) is 17.1 Å². The molecule has 2 aromatic carbocycles. The van der Waals surface area contributed by atoms with E-state index in [0.717, 1.165) is 28.1 Å². The highest BCUT2D eigenvalue weighted by Gasteiger charge is 2.11. The summed E-state index contributed by atoms with van der Waals surface area (Å²) in [6.07, 6.45) is 0. The third-order valence-corrected chi connectivity index (χ3v) is 4.77. The van der Waals surface area contributed by atoms with Gasteiger partial charge in [-0.15, -0.1) is 0 Å². The van der Waals surface area contributed by atoms with Crippen LogP contribution in [0.2, 0.25) is 0 Å². The molecule has 0 radical (unpaired) electrons. The Morgan fingerprint density at radius 1 is 0.920 bits per heavy atom. The van der Waals surface area contributed by atoms with E-state index in [9.17, 15) is 0 Å². The first-order valence-corrected chi connectivity index (χ1v) is 8.73. The first-order valence-electron chi connectivity index (χ1n) is 7.78. The predicted molar refractivity (Wildman–Crippen MR) is 105 cm³/mol. The number of nitrogens with one attached hydrogen (secondary N) is 1. The fourth-order valence-electron chi connectivity index (χ4n) is 2.65. The monoisotopic (exact) mass is 355 g/mol. The van der Waals surface area contributed by atoms with Gasteiger partial charge in [0.1, 0.15) is 0 Å². The van der Waals surface area contributed by atoms with Crippen molar-refractivity contribution in [2.75, 3.05) is 31.0 Å². The minimum atomic E-state index is 0.669. The van der Waals surface area contributed by atoms with Crippen LogP contribution in [-0.2, 0) is 6.54 Å². The molecule has 0 aliphatic heterocycles. The molecule has 3 rings (SSSR count). The zero-order chi connectivity index (χ0) is 17.8. The number of nitrogens with two attached hydrogens (primary N) is 2. The van der Waals surface area contributed by atoms with Crippen molar-refractivity contribution in [3.05, 3.63) is 52.7 Å². The summed E-state index contributed by atoms with van der Waals surface area (Å²) in [5.41, 5.74) is 17.6. The standard InChI is InChI=1S/C19H21N3O2S/c1-23-18-6-4-14(8-19(18)24-2)22-9-12-10-25-11-16(12)15-7-13(20)3-5-17(15)21/h3-8,10-11,22H,9,20-21H2,1-2H3. The molecule has 25 heavy (non-hydrogen) atoms. The van der Waals surface area contributed by atoms with Crippen LogP contribution < -0.4 is 26.3 Å². The Kier molecular flexibility index (Phi) is 5.00. The topological polar surface area (TPSA) is 82.5 Å². The van der Waals surface area contributed by atoms with Crippen molar-refractivity contribution in [2.45, 2.75) is 6.54 Å². The molecule has 0 saturated heterocycles. The van der Waals surface area contributed by atoms with Crippen molar-refractivity contribution in [1.82, 2.24) is 0 Å². The molecular formula is C19H21N3O2S. The molecule has 0 saturated carbocycles. The van der Waals surface area contributed by atoms with E-state index in [1.54, 1.807) is 25.6 Å². The average Bonchev–Trinajstić information content (AvgIpc) is 3.10. The van der Waals surface area contributed by atoms with Crippen LogP contribution in [0.5, 0.6) is 11.5 Å². The fraction of sp³-hybridized carbons (Fsp3) is 0.158. The molecule has 0 amide bonds. The maximum atomic E-state index is 6.12. The van der Waals surface area contributed by atoms with Crippen LogP contribution in [0.1, 0.15) is 5.56 Å². The molecule has 0 aliphatic carbocycles. The summed E-state index contributed by atoms with van der Waals surface area (Å²) in [5.74, 6) is 1.40. The van der Waals surface area contributed by atoms with Crippen molar-refractivity contribution < 1.29 is 9.47 Å². The molecule has 0 unspecified atom stereocenters. The number of ether oxygens (including phenoxy) is 2. The van der Waals surface area contributed by atoms with E-state index in [0.29, 0.717) is 23.7 Å². The Labute approximate surface area is 151 Å². The summed E-state index contributed by atoms with van der Waals surface area (Å²) in [6, 6.07) is 11.3. The number of anilines is 3. The van der Waals surface area contributed by atoms with Gasteiger partial charge in [-0.05, 0) is 52.2 Å². The first-order chi connectivity index (χ1) is 12.1. The van der Waals surface area contributed by atoms with Crippen LogP contribution in [0.3, 0.4) is 0 Å². The van der Waals surface area contributed by atoms with Crippen molar-refractivity contribution in [1.29, 1.82) is 0 Å². The third kappa shape index (κ3) is 3.64. The maximum absolute atomic E-state index is 6.12. The molecule has 6 heteroatoms. The van der Waals surface area contributed by atoms with Crippen molar-refractivity contribution in [2.24, 2.45) is 0 Å². The summed E-state index contributed by atoms with van der Waals surface area (Å²) in [6.45, 7) is 0.669. The van der Waals surface area contributed by atoms with Gasteiger partial charge in [0.15, 0.2) is 11.5 Å². The van der Waals surface area contributed by atoms with E-state index >= 15 is 0 Å². The Hall–Kier alpha value is -2.86. The summed E-state index contributed by atoms with van der Waals surface area (Å²) >= 11 is 1.64. The van der Waals surface area contributed by atoms with E-state index in [-0.39, 0.29) is 0 Å². The lowest BCUT2D eigenvalue weighted by Crippen LogP contribution is -2.01. The lowest BCUT2D eigenvalue weighted by Gasteiger charge is -2.12. The Balaban J connectivity index is 1.82. The SMILES string of the molecule is COc1ccc(NCc2cscc2-c2cc(N)ccc2N)cc1OC. The van der Waals surface area contributed by atoms with Gasteiger partial charge < -0.3 is 26.3 Å². The Morgan fingerprint density at radius 3 is 2.48 bits per heavy atom. The highest BCUT2D eigenvalue weighted by molar-refractivity contribution is 7.08. The van der Waals surface area contributed by atoms with E-state index in [4.69, 9.17) is 20.9 Å². The van der Waals surface area contributed by atoms with Crippen LogP contribution >= 0.6 is 11.3 Å². The van der Waals surface area contributed by atoms with E-state index < -0.39 is 0 Å². The quantitative estimate of drug-likeness (QED) is 0.577. The van der Waals surface area contributed by atoms with Crippen LogP contribution in [0.25, 0.3) is 11.1 Å². The van der Waals surface area contributed by atoms with E-state index in [1.165, 1.54) is 0 Å². The summed E-state index contributed by atoms with van der Waals surface area (Å²) in [7, 11) is 3.25. The van der Waals surface area contributed by atoms with Gasteiger partial charge >= 0.3 is 0 Å². The predicted octanol–water partition coefficient (Wildman–Crippen LogP) is 4.21. The molecule has 130 valence electrons. The van der Waals surface area contributed by atoms with Gasteiger partial charge in [0.05, 0.1) is 14.2 Å². The first kappa shape index (κ1) is 17.0. The molecule has 0 aliphatic rings. The molecular weight excluding hydrogens is 334 g/mol. The lowest BCUT2D eigenvalue weighted by atomic mass is 10.0. The molecule has 0 bridgehead atoms. The van der Waals surface area contributed by atoms with Crippen LogP contribution in [-0.4, -0.2) is 14.2 Å². The number of thiophene rings is 1. The number of rotatable bonds is 6. The Morgan fingerprint density at radius 2 is 1.72 bits per heavy atom. The lowest BCUT2D eigenvalue weighted by molar-refractivity contribution is 0.355. The molecule has 1 heterocycles. The average molecular weight is 355 g/mol. The highest BCUT2D eigenvalue weighted by Crippen LogP contribution is 2.34. The number of hydrogen-bond acceptors (Lipinski definition) is 6. The zero-order valence-corrected chi connectivity index (χ0v) is 15.0. The van der Waals surface area contributed by atoms with Crippen LogP contribution in [0, 0.1) is 0 Å². The second-order valence-corrected chi connectivity index (χ2v) is 6.32. The van der Waals surface area contributed by atoms with Gasteiger partial charge in [-0.25, -0.2) is 0 Å². The van der Waals surface area contributed by atoms with Gasteiger partial charge in [0, 0.05) is 35.2 Å². The number of nitrogen functional groups attached to an aromatic ring is 2. The molecule has 0 fully saturated rings. The molecule has 5 N–H and O–H groups in total. The highest BCUT2D eigenvalue weighted by atomic mass is 32.1. The summed E-state index contributed by atoms with van der Waals surface area (Å²) < 4.78 is 10.6. The maximum Gasteiger partial charge on any atom is 0.162 e. The molecule has 0 spiro atoms. The van der Waals surface area contributed by atoms with E-state index in [2.05, 4.69) is 16.1 Å². The number of benzene rings is 2. The summed E-state index contributed by atoms with van der Waals surface area (Å²) in [4.78, 5) is 0. The van der Waals surface area contributed by atoms with Gasteiger partial charge in [-0.2, -0.15) is 11.3 Å². The van der Waals surface area contributed by atoms with Crippen molar-refractivity contribution >= 4 is 28.4 Å². The fourth-order valence-corrected chi connectivity index (χ4v) is 3.50. The number of methoxy groups -OCH3 is 2. The van der Waals surface area contributed by atoms with Crippen molar-refractivity contribution in [3.63, 3.8) is 0 Å². The zero-order valence-electron chi connectivity index (χ0n) is 14.2. The minimum absolute atomic E-state index is 0.669. The molecule has 5 nitrogen and oxygen atoms in total. The minimum Gasteiger partial charge on any atom is -0.493 e. The molecule has 0 atom stereocenters. The smallest absolute Gasteiger partial charge is 0.162 e. The number of hydrogen-bond donors (Lipinski definition) is 3. The van der Waals surface area contributed by atoms with E-state index in [1.807, 2.05) is 36.4 Å². The summed E-state index contributed by atoms with van der Waals surface area (Å²) in [5, 5.41) is 7.63.